The number of aryl methyl sites for hydroxylation is 1. The highest BCUT2D eigenvalue weighted by atomic mass is 32.1. The van der Waals surface area contributed by atoms with E-state index in [1.807, 2.05) is 5.38 Å². The molecule has 2 heterocycles. The van der Waals surface area contributed by atoms with Crippen molar-refractivity contribution in [3.05, 3.63) is 11.1 Å². The Hall–Kier alpha value is -1.18. The zero-order valence-corrected chi connectivity index (χ0v) is 14.7. The number of hydrogen-bond donors (Lipinski definition) is 3. The molecule has 0 spiro atoms. The lowest BCUT2D eigenvalue weighted by molar-refractivity contribution is 0.157. The van der Waals surface area contributed by atoms with Gasteiger partial charge in [-0.05, 0) is 45.2 Å². The molecule has 0 aliphatic carbocycles. The lowest BCUT2D eigenvalue weighted by atomic mass is 10.2. The van der Waals surface area contributed by atoms with Gasteiger partial charge in [-0.1, -0.05) is 13.3 Å². The molecule has 0 bridgehead atoms. The third kappa shape index (κ3) is 6.08. The largest absolute Gasteiger partial charge is 0.395 e. The molecule has 1 unspecified atom stereocenters. The summed E-state index contributed by atoms with van der Waals surface area (Å²) < 4.78 is 0. The second kappa shape index (κ2) is 9.85. The van der Waals surface area contributed by atoms with E-state index in [1.54, 1.807) is 0 Å². The number of urea groups is 1. The molecular formula is C16H28N4O2S. The monoisotopic (exact) mass is 340 g/mol. The molecular weight excluding hydrogens is 312 g/mol. The van der Waals surface area contributed by atoms with Gasteiger partial charge >= 0.3 is 6.03 Å². The summed E-state index contributed by atoms with van der Waals surface area (Å²) in [6.45, 7) is 5.12. The van der Waals surface area contributed by atoms with Crippen LogP contribution in [0, 0.1) is 0 Å². The number of carbonyl (C=O) groups is 1. The number of anilines is 1. The fraction of sp³-hybridized carbons (Fsp3) is 0.750. The molecule has 0 aromatic carbocycles. The maximum atomic E-state index is 11.8. The second-order valence-corrected chi connectivity index (χ2v) is 6.85. The molecule has 7 heteroatoms. The number of unbranched alkanes of at least 4 members (excludes halogenated alkanes) is 1. The molecule has 1 fully saturated rings. The molecule has 130 valence electrons. The van der Waals surface area contributed by atoms with E-state index in [1.165, 1.54) is 17.8 Å². The van der Waals surface area contributed by atoms with E-state index in [9.17, 15) is 9.90 Å². The minimum Gasteiger partial charge on any atom is -0.395 e. The van der Waals surface area contributed by atoms with Crippen molar-refractivity contribution in [1.29, 1.82) is 0 Å². The summed E-state index contributed by atoms with van der Waals surface area (Å²) in [7, 11) is 0. The summed E-state index contributed by atoms with van der Waals surface area (Å²) in [4.78, 5) is 18.5. The Kier molecular flexibility index (Phi) is 7.78. The van der Waals surface area contributed by atoms with Crippen molar-refractivity contribution in [2.75, 3.05) is 31.6 Å². The highest BCUT2D eigenvalue weighted by molar-refractivity contribution is 7.13. The van der Waals surface area contributed by atoms with Crippen LogP contribution in [0.1, 0.15) is 44.7 Å². The number of likely N-dealkylation sites (tertiary alicyclic amines) is 1. The maximum absolute atomic E-state index is 11.8. The molecule has 2 amide bonds. The van der Waals surface area contributed by atoms with Gasteiger partial charge in [-0.3, -0.25) is 10.2 Å². The van der Waals surface area contributed by atoms with Crippen LogP contribution in [-0.4, -0.2) is 53.3 Å². The Morgan fingerprint density at radius 3 is 3.17 bits per heavy atom. The Labute approximate surface area is 142 Å². The number of rotatable bonds is 9. The molecule has 6 nitrogen and oxygen atoms in total. The van der Waals surface area contributed by atoms with Crippen LogP contribution in [-0.2, 0) is 6.42 Å². The molecule has 23 heavy (non-hydrogen) atoms. The van der Waals surface area contributed by atoms with E-state index in [4.69, 9.17) is 0 Å². The van der Waals surface area contributed by atoms with Gasteiger partial charge in [-0.2, -0.15) is 0 Å². The van der Waals surface area contributed by atoms with Gasteiger partial charge in [0.05, 0.1) is 12.3 Å². The number of amides is 2. The number of thiazole rings is 1. The van der Waals surface area contributed by atoms with Crippen molar-refractivity contribution in [2.45, 2.75) is 51.5 Å². The van der Waals surface area contributed by atoms with Crippen LogP contribution in [0.2, 0.25) is 0 Å². The normalized spacial score (nSPS) is 18.3. The van der Waals surface area contributed by atoms with Gasteiger partial charge in [0.25, 0.3) is 0 Å². The smallest absolute Gasteiger partial charge is 0.321 e. The average Bonchev–Trinajstić information content (AvgIpc) is 3.16. The first kappa shape index (κ1) is 18.2. The van der Waals surface area contributed by atoms with Crippen molar-refractivity contribution >= 4 is 22.5 Å². The topological polar surface area (TPSA) is 77.5 Å². The van der Waals surface area contributed by atoms with Gasteiger partial charge in [-0.25, -0.2) is 9.78 Å². The van der Waals surface area contributed by atoms with Crippen molar-refractivity contribution in [1.82, 2.24) is 15.2 Å². The first-order valence-corrected chi connectivity index (χ1v) is 9.45. The number of hydrogen-bond acceptors (Lipinski definition) is 5. The SMILES string of the molecule is CCCc1csc(NC(=O)NCCCCN2CCCC2CO)n1. The molecule has 1 aromatic heterocycles. The van der Waals surface area contributed by atoms with Gasteiger partial charge in [0.2, 0.25) is 0 Å². The molecule has 1 aromatic rings. The van der Waals surface area contributed by atoms with Crippen LogP contribution in [0.25, 0.3) is 0 Å². The van der Waals surface area contributed by atoms with Crippen molar-refractivity contribution in [2.24, 2.45) is 0 Å². The van der Waals surface area contributed by atoms with Crippen LogP contribution in [0.5, 0.6) is 0 Å². The first-order valence-electron chi connectivity index (χ1n) is 8.57. The zero-order valence-electron chi connectivity index (χ0n) is 13.9. The lowest BCUT2D eigenvalue weighted by Gasteiger charge is -2.22. The maximum Gasteiger partial charge on any atom is 0.321 e. The standard InChI is InChI=1S/C16H28N4O2S/c1-2-6-13-12-23-16(18-13)19-15(22)17-8-3-4-9-20-10-5-7-14(20)11-21/h12,14,21H,2-11H2,1H3,(H2,17,18,19,22). The van der Waals surface area contributed by atoms with E-state index >= 15 is 0 Å². The van der Waals surface area contributed by atoms with Crippen molar-refractivity contribution < 1.29 is 9.90 Å². The average molecular weight is 340 g/mol. The van der Waals surface area contributed by atoms with Crippen LogP contribution >= 0.6 is 11.3 Å². The molecule has 1 aliphatic rings. The number of nitrogens with zero attached hydrogens (tertiary/aromatic N) is 2. The Morgan fingerprint density at radius 1 is 1.52 bits per heavy atom. The van der Waals surface area contributed by atoms with Gasteiger partial charge in [0, 0.05) is 18.0 Å². The summed E-state index contributed by atoms with van der Waals surface area (Å²) in [6.07, 6.45) is 6.27. The zero-order chi connectivity index (χ0) is 16.5. The highest BCUT2D eigenvalue weighted by Gasteiger charge is 2.22. The minimum atomic E-state index is -0.184. The van der Waals surface area contributed by atoms with E-state index < -0.39 is 0 Å². The van der Waals surface area contributed by atoms with Gasteiger partial charge in [-0.15, -0.1) is 11.3 Å². The van der Waals surface area contributed by atoms with Gasteiger partial charge in [0.1, 0.15) is 0 Å². The van der Waals surface area contributed by atoms with E-state index in [0.29, 0.717) is 17.7 Å². The van der Waals surface area contributed by atoms with Crippen molar-refractivity contribution in [3.63, 3.8) is 0 Å². The first-order chi connectivity index (χ1) is 11.2. The lowest BCUT2D eigenvalue weighted by Crippen LogP contribution is -2.34. The van der Waals surface area contributed by atoms with E-state index in [0.717, 1.165) is 50.9 Å². The molecule has 2 rings (SSSR count). The van der Waals surface area contributed by atoms with Gasteiger partial charge < -0.3 is 10.4 Å². The molecule has 1 aliphatic heterocycles. The molecule has 0 radical (unpaired) electrons. The van der Waals surface area contributed by atoms with E-state index in [2.05, 4.69) is 27.4 Å². The quantitative estimate of drug-likeness (QED) is 0.604. The van der Waals surface area contributed by atoms with Crippen LogP contribution in [0.4, 0.5) is 9.93 Å². The number of aromatic nitrogens is 1. The molecule has 0 saturated carbocycles. The number of nitrogens with one attached hydrogen (secondary N) is 2. The van der Waals surface area contributed by atoms with Crippen LogP contribution in [0.3, 0.4) is 0 Å². The van der Waals surface area contributed by atoms with Crippen molar-refractivity contribution in [3.8, 4) is 0 Å². The fourth-order valence-corrected chi connectivity index (χ4v) is 3.65. The van der Waals surface area contributed by atoms with Crippen LogP contribution in [0.15, 0.2) is 5.38 Å². The van der Waals surface area contributed by atoms with Crippen LogP contribution < -0.4 is 10.6 Å². The highest BCUT2D eigenvalue weighted by Crippen LogP contribution is 2.17. The molecule has 1 saturated heterocycles. The number of carbonyl (C=O) groups excluding carboxylic acids is 1. The predicted octanol–water partition coefficient (Wildman–Crippen LogP) is 2.45. The summed E-state index contributed by atoms with van der Waals surface area (Å²) in [5.74, 6) is 0. The third-order valence-corrected chi connectivity index (χ3v) is 4.95. The summed E-state index contributed by atoms with van der Waals surface area (Å²) >= 11 is 1.47. The minimum absolute atomic E-state index is 0.184. The Balaban J connectivity index is 1.56. The predicted molar refractivity (Wildman–Crippen MR) is 94.0 cm³/mol. The Bertz CT molecular complexity index is 480. The Morgan fingerprint density at radius 2 is 2.39 bits per heavy atom. The number of aliphatic hydroxyl groups is 1. The fourth-order valence-electron chi connectivity index (χ4n) is 2.91. The third-order valence-electron chi connectivity index (χ3n) is 4.15. The molecule has 1 atom stereocenters. The van der Waals surface area contributed by atoms with E-state index in [-0.39, 0.29) is 12.6 Å². The summed E-state index contributed by atoms with van der Waals surface area (Å²) in [5.41, 5.74) is 1.04. The summed E-state index contributed by atoms with van der Waals surface area (Å²) in [5, 5.41) is 17.6. The molecule has 3 N–H and O–H groups in total. The number of aliphatic hydroxyl groups excluding tert-OH is 1. The van der Waals surface area contributed by atoms with Gasteiger partial charge in [0.15, 0.2) is 5.13 Å². The summed E-state index contributed by atoms with van der Waals surface area (Å²) in [6, 6.07) is 0.158. The second-order valence-electron chi connectivity index (χ2n) is 6.00.